The highest BCUT2D eigenvalue weighted by molar-refractivity contribution is 5.94. The van der Waals surface area contributed by atoms with Crippen molar-refractivity contribution >= 4 is 5.78 Å². The van der Waals surface area contributed by atoms with Crippen molar-refractivity contribution in [3.8, 4) is 0 Å². The second kappa shape index (κ2) is 6.63. The van der Waals surface area contributed by atoms with Crippen molar-refractivity contribution in [2.75, 3.05) is 0 Å². The molecule has 1 aliphatic rings. The standard InChI is InChI=1S/C15H23NO/c17-15-10-8-6-4-2-1-3-5-7-9-13-11-12-14(15)16-13/h11-12,16H,1-10H2. The molecule has 2 nitrogen and oxygen atoms in total. The highest BCUT2D eigenvalue weighted by Gasteiger charge is 2.08. The number of carbonyl (C=O) groups is 1. The lowest BCUT2D eigenvalue weighted by Gasteiger charge is -2.04. The second-order valence-electron chi connectivity index (χ2n) is 5.15. The number of H-pyrrole nitrogens is 1. The third-order valence-corrected chi connectivity index (χ3v) is 3.65. The number of aryl methyl sites for hydroxylation is 1. The van der Waals surface area contributed by atoms with Gasteiger partial charge in [-0.05, 0) is 31.4 Å². The maximum absolute atomic E-state index is 11.9. The van der Waals surface area contributed by atoms with Gasteiger partial charge in [-0.2, -0.15) is 0 Å². The maximum Gasteiger partial charge on any atom is 0.179 e. The summed E-state index contributed by atoms with van der Waals surface area (Å²) in [4.78, 5) is 15.1. The number of ketones is 1. The largest absolute Gasteiger partial charge is 0.356 e. The lowest BCUT2D eigenvalue weighted by Crippen LogP contribution is -2.00. The molecule has 94 valence electrons. The summed E-state index contributed by atoms with van der Waals surface area (Å²) < 4.78 is 0. The summed E-state index contributed by atoms with van der Waals surface area (Å²) >= 11 is 0. The van der Waals surface area contributed by atoms with Gasteiger partial charge in [-0.3, -0.25) is 4.79 Å². The quantitative estimate of drug-likeness (QED) is 0.713. The van der Waals surface area contributed by atoms with Crippen molar-refractivity contribution in [3.05, 3.63) is 23.5 Å². The third-order valence-electron chi connectivity index (χ3n) is 3.65. The van der Waals surface area contributed by atoms with E-state index >= 15 is 0 Å². The van der Waals surface area contributed by atoms with Crippen LogP contribution in [-0.2, 0) is 6.42 Å². The van der Waals surface area contributed by atoms with Crippen LogP contribution in [0.3, 0.4) is 0 Å². The number of carbonyl (C=O) groups excluding carboxylic acids is 1. The van der Waals surface area contributed by atoms with Crippen molar-refractivity contribution in [3.63, 3.8) is 0 Å². The van der Waals surface area contributed by atoms with Crippen LogP contribution in [0.5, 0.6) is 0 Å². The van der Waals surface area contributed by atoms with Gasteiger partial charge in [0.25, 0.3) is 0 Å². The molecule has 0 spiro atoms. The number of aromatic nitrogens is 1. The molecule has 0 saturated heterocycles. The SMILES string of the molecule is O=C1CCCCCCCCCCc2ccc1[nH]2. The van der Waals surface area contributed by atoms with Crippen LogP contribution in [0.2, 0.25) is 0 Å². The highest BCUT2D eigenvalue weighted by Crippen LogP contribution is 2.15. The zero-order chi connectivity index (χ0) is 11.9. The predicted octanol–water partition coefficient (Wildman–Crippen LogP) is 4.26. The van der Waals surface area contributed by atoms with Gasteiger partial charge in [-0.25, -0.2) is 0 Å². The fraction of sp³-hybridized carbons (Fsp3) is 0.667. The number of aromatic amines is 1. The van der Waals surface area contributed by atoms with Gasteiger partial charge in [-0.1, -0.05) is 38.5 Å². The minimum Gasteiger partial charge on any atom is -0.356 e. The molecule has 1 aliphatic heterocycles. The van der Waals surface area contributed by atoms with Gasteiger partial charge in [0.1, 0.15) is 0 Å². The molecule has 2 bridgehead atoms. The zero-order valence-corrected chi connectivity index (χ0v) is 10.6. The Morgan fingerprint density at radius 1 is 0.765 bits per heavy atom. The Balaban J connectivity index is 1.95. The predicted molar refractivity (Wildman–Crippen MR) is 70.4 cm³/mol. The van der Waals surface area contributed by atoms with Gasteiger partial charge < -0.3 is 4.98 Å². The van der Waals surface area contributed by atoms with E-state index in [1.807, 2.05) is 6.07 Å². The lowest BCUT2D eigenvalue weighted by molar-refractivity contribution is 0.0974. The summed E-state index contributed by atoms with van der Waals surface area (Å²) in [6.07, 6.45) is 12.0. The van der Waals surface area contributed by atoms with Crippen LogP contribution in [-0.4, -0.2) is 10.8 Å². The molecule has 2 heterocycles. The van der Waals surface area contributed by atoms with E-state index in [0.717, 1.165) is 18.5 Å². The topological polar surface area (TPSA) is 32.9 Å². The summed E-state index contributed by atoms with van der Waals surface area (Å²) in [6.45, 7) is 0. The Hall–Kier alpha value is -1.05. The first-order valence-electron chi connectivity index (χ1n) is 7.07. The van der Waals surface area contributed by atoms with Crippen molar-refractivity contribution in [1.29, 1.82) is 0 Å². The van der Waals surface area contributed by atoms with Crippen LogP contribution in [0.15, 0.2) is 12.1 Å². The van der Waals surface area contributed by atoms with Crippen LogP contribution in [0.1, 0.15) is 74.0 Å². The zero-order valence-electron chi connectivity index (χ0n) is 10.6. The van der Waals surface area contributed by atoms with E-state index < -0.39 is 0 Å². The summed E-state index contributed by atoms with van der Waals surface area (Å²) in [7, 11) is 0. The summed E-state index contributed by atoms with van der Waals surface area (Å²) in [5.74, 6) is 0.285. The van der Waals surface area contributed by atoms with Crippen LogP contribution in [0, 0.1) is 0 Å². The number of Topliss-reactive ketones (excluding diaryl/α,β-unsaturated/α-hetero) is 1. The first-order valence-corrected chi connectivity index (χ1v) is 7.07. The van der Waals surface area contributed by atoms with E-state index in [9.17, 15) is 4.79 Å². The second-order valence-corrected chi connectivity index (χ2v) is 5.15. The summed E-state index contributed by atoms with van der Waals surface area (Å²) in [6, 6.07) is 4.03. The molecular formula is C15H23NO. The normalized spacial score (nSPS) is 19.9. The fourth-order valence-electron chi connectivity index (χ4n) is 2.55. The molecule has 0 aliphatic carbocycles. The first kappa shape index (κ1) is 12.4. The highest BCUT2D eigenvalue weighted by atomic mass is 16.1. The molecule has 17 heavy (non-hydrogen) atoms. The van der Waals surface area contributed by atoms with E-state index in [2.05, 4.69) is 11.1 Å². The smallest absolute Gasteiger partial charge is 0.179 e. The molecule has 0 atom stereocenters. The van der Waals surface area contributed by atoms with Gasteiger partial charge in [0, 0.05) is 12.1 Å². The Kier molecular flexibility index (Phi) is 4.84. The number of hydrogen-bond acceptors (Lipinski definition) is 1. The fourth-order valence-corrected chi connectivity index (χ4v) is 2.55. The average Bonchev–Trinajstić information content (AvgIpc) is 2.79. The molecule has 0 saturated carbocycles. The first-order chi connectivity index (χ1) is 8.36. The van der Waals surface area contributed by atoms with E-state index in [0.29, 0.717) is 6.42 Å². The van der Waals surface area contributed by atoms with Crippen molar-refractivity contribution in [2.24, 2.45) is 0 Å². The monoisotopic (exact) mass is 233 g/mol. The molecule has 0 fully saturated rings. The Morgan fingerprint density at radius 2 is 1.35 bits per heavy atom. The van der Waals surface area contributed by atoms with E-state index in [1.54, 1.807) is 0 Å². The molecule has 0 radical (unpaired) electrons. The molecule has 0 unspecified atom stereocenters. The van der Waals surface area contributed by atoms with Gasteiger partial charge in [0.2, 0.25) is 0 Å². The molecule has 1 aromatic rings. The molecule has 1 aromatic heterocycles. The summed E-state index contributed by atoms with van der Waals surface area (Å²) in [5.41, 5.74) is 2.04. The molecule has 2 heteroatoms. The number of nitrogens with one attached hydrogen (secondary N) is 1. The third kappa shape index (κ3) is 4.03. The molecule has 0 aromatic carbocycles. The van der Waals surface area contributed by atoms with Gasteiger partial charge in [-0.15, -0.1) is 0 Å². The van der Waals surface area contributed by atoms with Gasteiger partial charge in [0.05, 0.1) is 5.69 Å². The van der Waals surface area contributed by atoms with Gasteiger partial charge in [0.15, 0.2) is 5.78 Å². The molecule has 2 rings (SSSR count). The van der Waals surface area contributed by atoms with Crippen LogP contribution in [0.4, 0.5) is 0 Å². The van der Waals surface area contributed by atoms with Crippen molar-refractivity contribution in [1.82, 2.24) is 4.98 Å². The van der Waals surface area contributed by atoms with E-state index in [4.69, 9.17) is 0 Å². The summed E-state index contributed by atoms with van der Waals surface area (Å²) in [5, 5.41) is 0. The number of rotatable bonds is 0. The van der Waals surface area contributed by atoms with Crippen molar-refractivity contribution in [2.45, 2.75) is 64.2 Å². The maximum atomic E-state index is 11.9. The average molecular weight is 233 g/mol. The Morgan fingerprint density at radius 3 is 2.06 bits per heavy atom. The Labute approximate surface area is 104 Å². The molecular weight excluding hydrogens is 210 g/mol. The molecule has 1 N–H and O–H groups in total. The van der Waals surface area contributed by atoms with E-state index in [1.165, 1.54) is 50.6 Å². The Bertz CT molecular complexity index is 354. The minimum atomic E-state index is 0.285. The van der Waals surface area contributed by atoms with Crippen molar-refractivity contribution < 1.29 is 4.79 Å². The van der Waals surface area contributed by atoms with Gasteiger partial charge >= 0.3 is 0 Å². The van der Waals surface area contributed by atoms with Crippen LogP contribution < -0.4 is 0 Å². The minimum absolute atomic E-state index is 0.285. The number of fused-ring (bicyclic) bond motifs is 2. The molecule has 0 amide bonds. The number of hydrogen-bond donors (Lipinski definition) is 1. The van der Waals surface area contributed by atoms with Crippen LogP contribution >= 0.6 is 0 Å². The van der Waals surface area contributed by atoms with E-state index in [-0.39, 0.29) is 5.78 Å². The lowest BCUT2D eigenvalue weighted by atomic mass is 10.0. The van der Waals surface area contributed by atoms with Crippen LogP contribution in [0.25, 0.3) is 0 Å².